The van der Waals surface area contributed by atoms with Crippen LogP contribution in [0.4, 0.5) is 5.69 Å². The van der Waals surface area contributed by atoms with Gasteiger partial charge in [0.15, 0.2) is 0 Å². The molecule has 0 spiro atoms. The van der Waals surface area contributed by atoms with Gasteiger partial charge in [0.25, 0.3) is 0 Å². The molecule has 0 N–H and O–H groups in total. The van der Waals surface area contributed by atoms with Gasteiger partial charge in [0.1, 0.15) is 0 Å². The molecule has 0 radical (unpaired) electrons. The molecular weight excluding hydrogens is 278 g/mol. The lowest BCUT2D eigenvalue weighted by atomic mass is 10.1. The number of hydrogen-bond acceptors (Lipinski definition) is 3. The molecule has 5 nitrogen and oxygen atoms in total. The average Bonchev–Trinajstić information content (AvgIpc) is 2.77. The Kier molecular flexibility index (Phi) is 3.81. The SMILES string of the molecule is C[C@H]1CN(C)c2ccccc2CN1C(=O)[C@H]1CC(=O)N(C)C1. The van der Waals surface area contributed by atoms with Gasteiger partial charge in [-0.3, -0.25) is 9.59 Å². The van der Waals surface area contributed by atoms with Crippen molar-refractivity contribution in [3.8, 4) is 0 Å². The van der Waals surface area contributed by atoms with E-state index in [-0.39, 0.29) is 23.8 Å². The van der Waals surface area contributed by atoms with E-state index in [2.05, 4.69) is 31.0 Å². The number of benzene rings is 1. The van der Waals surface area contributed by atoms with Gasteiger partial charge < -0.3 is 14.7 Å². The largest absolute Gasteiger partial charge is 0.372 e. The molecule has 0 bridgehead atoms. The van der Waals surface area contributed by atoms with Crippen LogP contribution >= 0.6 is 0 Å². The van der Waals surface area contributed by atoms with Crippen LogP contribution in [0.25, 0.3) is 0 Å². The molecule has 0 saturated carbocycles. The van der Waals surface area contributed by atoms with Crippen LogP contribution in [0, 0.1) is 5.92 Å². The second-order valence-corrected chi connectivity index (χ2v) is 6.50. The first kappa shape index (κ1) is 14.9. The predicted octanol–water partition coefficient (Wildman–Crippen LogP) is 1.33. The van der Waals surface area contributed by atoms with Crippen molar-refractivity contribution in [1.29, 1.82) is 0 Å². The zero-order valence-corrected chi connectivity index (χ0v) is 13.5. The average molecular weight is 301 g/mol. The summed E-state index contributed by atoms with van der Waals surface area (Å²) in [7, 11) is 3.83. The first-order valence-corrected chi connectivity index (χ1v) is 7.81. The number of likely N-dealkylation sites (N-methyl/N-ethyl adjacent to an activating group) is 1. The molecular formula is C17H23N3O2. The maximum Gasteiger partial charge on any atom is 0.228 e. The van der Waals surface area contributed by atoms with Crippen molar-refractivity contribution < 1.29 is 9.59 Å². The lowest BCUT2D eigenvalue weighted by Crippen LogP contribution is -2.45. The maximum absolute atomic E-state index is 12.9. The molecule has 5 heteroatoms. The predicted molar refractivity (Wildman–Crippen MR) is 85.5 cm³/mol. The van der Waals surface area contributed by atoms with E-state index in [1.54, 1.807) is 11.9 Å². The molecule has 1 saturated heterocycles. The highest BCUT2D eigenvalue weighted by atomic mass is 16.2. The number of hydrogen-bond donors (Lipinski definition) is 0. The van der Waals surface area contributed by atoms with Crippen molar-refractivity contribution in [3.05, 3.63) is 29.8 Å². The van der Waals surface area contributed by atoms with Crippen LogP contribution in [0.5, 0.6) is 0 Å². The van der Waals surface area contributed by atoms with Gasteiger partial charge >= 0.3 is 0 Å². The lowest BCUT2D eigenvalue weighted by Gasteiger charge is -2.30. The van der Waals surface area contributed by atoms with Crippen LogP contribution in [0.15, 0.2) is 24.3 Å². The topological polar surface area (TPSA) is 43.9 Å². The number of rotatable bonds is 1. The standard InChI is InChI=1S/C17H23N3O2/c1-12-9-18(2)15-7-5-4-6-13(15)11-20(12)17(22)14-8-16(21)19(3)10-14/h4-7,12,14H,8-11H2,1-3H3/t12-,14-/m0/s1. The molecule has 2 amide bonds. The molecule has 2 heterocycles. The summed E-state index contributed by atoms with van der Waals surface area (Å²) in [5, 5.41) is 0. The van der Waals surface area contributed by atoms with Crippen molar-refractivity contribution in [2.45, 2.75) is 25.9 Å². The van der Waals surface area contributed by atoms with Gasteiger partial charge in [0.2, 0.25) is 11.8 Å². The summed E-state index contributed by atoms with van der Waals surface area (Å²) in [5.74, 6) is -0.0239. The Morgan fingerprint density at radius 1 is 1.14 bits per heavy atom. The third kappa shape index (κ3) is 2.56. The molecule has 0 aromatic heterocycles. The molecule has 2 aliphatic rings. The van der Waals surface area contributed by atoms with E-state index < -0.39 is 0 Å². The fraction of sp³-hybridized carbons (Fsp3) is 0.529. The van der Waals surface area contributed by atoms with Crippen LogP contribution in [0.2, 0.25) is 0 Å². The summed E-state index contributed by atoms with van der Waals surface area (Å²) >= 11 is 0. The molecule has 0 aliphatic carbocycles. The van der Waals surface area contributed by atoms with Gasteiger partial charge in [0, 0.05) is 51.9 Å². The Bertz CT molecular complexity index is 601. The van der Waals surface area contributed by atoms with Crippen LogP contribution in [0.1, 0.15) is 18.9 Å². The number of fused-ring (bicyclic) bond motifs is 1. The van der Waals surface area contributed by atoms with E-state index >= 15 is 0 Å². The van der Waals surface area contributed by atoms with E-state index in [1.165, 1.54) is 11.3 Å². The number of likely N-dealkylation sites (tertiary alicyclic amines) is 1. The number of para-hydroxylation sites is 1. The van der Waals surface area contributed by atoms with E-state index in [0.29, 0.717) is 19.5 Å². The molecule has 3 rings (SSSR count). The van der Waals surface area contributed by atoms with Crippen molar-refractivity contribution in [3.63, 3.8) is 0 Å². The number of amides is 2. The van der Waals surface area contributed by atoms with Gasteiger partial charge in [-0.2, -0.15) is 0 Å². The second-order valence-electron chi connectivity index (χ2n) is 6.50. The number of anilines is 1. The highest BCUT2D eigenvalue weighted by Crippen LogP contribution is 2.28. The van der Waals surface area contributed by atoms with Gasteiger partial charge in [-0.1, -0.05) is 18.2 Å². The first-order chi connectivity index (χ1) is 10.5. The minimum atomic E-state index is -0.199. The molecule has 2 aliphatic heterocycles. The van der Waals surface area contributed by atoms with Gasteiger partial charge in [0.05, 0.1) is 5.92 Å². The quantitative estimate of drug-likeness (QED) is 0.786. The summed E-state index contributed by atoms with van der Waals surface area (Å²) < 4.78 is 0. The first-order valence-electron chi connectivity index (χ1n) is 7.81. The van der Waals surface area contributed by atoms with Crippen molar-refractivity contribution in [2.24, 2.45) is 5.92 Å². The van der Waals surface area contributed by atoms with Gasteiger partial charge in [-0.15, -0.1) is 0 Å². The number of carbonyl (C=O) groups is 2. The summed E-state index contributed by atoms with van der Waals surface area (Å²) in [6.07, 6.45) is 0.343. The van der Waals surface area contributed by atoms with E-state index in [9.17, 15) is 9.59 Å². The second kappa shape index (κ2) is 5.63. The Balaban J connectivity index is 1.84. The zero-order chi connectivity index (χ0) is 15.9. The van der Waals surface area contributed by atoms with Crippen LogP contribution in [-0.2, 0) is 16.1 Å². The highest BCUT2D eigenvalue weighted by Gasteiger charge is 2.37. The fourth-order valence-electron chi connectivity index (χ4n) is 3.51. The third-order valence-electron chi connectivity index (χ3n) is 4.79. The lowest BCUT2D eigenvalue weighted by molar-refractivity contribution is -0.138. The molecule has 2 atom stereocenters. The smallest absolute Gasteiger partial charge is 0.228 e. The summed E-state index contributed by atoms with van der Waals surface area (Å²) in [6, 6.07) is 8.35. The Morgan fingerprint density at radius 2 is 1.86 bits per heavy atom. The van der Waals surface area contributed by atoms with Crippen LogP contribution in [-0.4, -0.2) is 54.8 Å². The number of carbonyl (C=O) groups excluding carboxylic acids is 2. The molecule has 1 aromatic carbocycles. The number of nitrogens with zero attached hydrogens (tertiary/aromatic N) is 3. The normalized spacial score (nSPS) is 25.2. The van der Waals surface area contributed by atoms with Crippen molar-refractivity contribution >= 4 is 17.5 Å². The monoisotopic (exact) mass is 301 g/mol. The maximum atomic E-state index is 12.9. The Hall–Kier alpha value is -2.04. The van der Waals surface area contributed by atoms with E-state index in [0.717, 1.165) is 6.54 Å². The summed E-state index contributed by atoms with van der Waals surface area (Å²) in [5.41, 5.74) is 2.35. The molecule has 1 fully saturated rings. The fourth-order valence-corrected chi connectivity index (χ4v) is 3.51. The Labute approximate surface area is 131 Å². The van der Waals surface area contributed by atoms with Crippen molar-refractivity contribution in [1.82, 2.24) is 9.80 Å². The molecule has 0 unspecified atom stereocenters. The van der Waals surface area contributed by atoms with Gasteiger partial charge in [-0.05, 0) is 18.6 Å². The van der Waals surface area contributed by atoms with Crippen LogP contribution < -0.4 is 4.90 Å². The summed E-state index contributed by atoms with van der Waals surface area (Å²) in [4.78, 5) is 30.4. The van der Waals surface area contributed by atoms with Crippen molar-refractivity contribution in [2.75, 3.05) is 32.1 Å². The highest BCUT2D eigenvalue weighted by molar-refractivity contribution is 5.89. The summed E-state index contributed by atoms with van der Waals surface area (Å²) in [6.45, 7) is 4.05. The minimum Gasteiger partial charge on any atom is -0.372 e. The third-order valence-corrected chi connectivity index (χ3v) is 4.79. The molecule has 1 aromatic rings. The minimum absolute atomic E-state index is 0.0679. The Morgan fingerprint density at radius 3 is 2.55 bits per heavy atom. The zero-order valence-electron chi connectivity index (χ0n) is 13.5. The van der Waals surface area contributed by atoms with E-state index in [4.69, 9.17) is 0 Å². The van der Waals surface area contributed by atoms with E-state index in [1.807, 2.05) is 17.0 Å². The molecule has 22 heavy (non-hydrogen) atoms. The van der Waals surface area contributed by atoms with Crippen LogP contribution in [0.3, 0.4) is 0 Å². The molecule has 118 valence electrons. The van der Waals surface area contributed by atoms with Gasteiger partial charge in [-0.25, -0.2) is 0 Å².